The lowest BCUT2D eigenvalue weighted by Crippen LogP contribution is -2.45. The van der Waals surface area contributed by atoms with E-state index >= 15 is 0 Å². The molecule has 0 radical (unpaired) electrons. The summed E-state index contributed by atoms with van der Waals surface area (Å²) in [5.74, 6) is -1.91. The number of carbonyl (C=O) groups excluding carboxylic acids is 3. The van der Waals surface area contributed by atoms with Crippen molar-refractivity contribution in [3.05, 3.63) is 52.5 Å². The fourth-order valence-corrected chi connectivity index (χ4v) is 4.44. The van der Waals surface area contributed by atoms with Crippen LogP contribution in [0.4, 0.5) is 11.4 Å². The number of ether oxygens (including phenoxy) is 3. The molecule has 0 unspecified atom stereocenters. The van der Waals surface area contributed by atoms with Gasteiger partial charge >= 0.3 is 11.9 Å². The summed E-state index contributed by atoms with van der Waals surface area (Å²) in [6.45, 7) is 1.36. The van der Waals surface area contributed by atoms with Crippen LogP contribution in [0.1, 0.15) is 27.6 Å². The molecule has 0 heterocycles. The lowest BCUT2D eigenvalue weighted by atomic mass is 10.1. The van der Waals surface area contributed by atoms with E-state index in [-0.39, 0.29) is 27.5 Å². The number of carbonyl (C=O) groups is 3. The molecule has 2 aromatic rings. The highest BCUT2D eigenvalue weighted by Crippen LogP contribution is 2.31. The zero-order valence-corrected chi connectivity index (χ0v) is 20.1. The van der Waals surface area contributed by atoms with Crippen molar-refractivity contribution in [2.75, 3.05) is 37.2 Å². The Hall–Kier alpha value is -3.31. The molecule has 0 aliphatic carbocycles. The number of hydrogen-bond donors (Lipinski definition) is 1. The van der Waals surface area contributed by atoms with Crippen LogP contribution in [-0.2, 0) is 24.3 Å². The minimum atomic E-state index is -3.94. The third kappa shape index (κ3) is 5.93. The number of anilines is 2. The summed E-state index contributed by atoms with van der Waals surface area (Å²) >= 11 is 6.13. The summed E-state index contributed by atoms with van der Waals surface area (Å²) < 4.78 is 40.4. The van der Waals surface area contributed by atoms with Crippen molar-refractivity contribution < 1.29 is 37.0 Å². The number of nitrogens with one attached hydrogen (secondary N) is 1. The van der Waals surface area contributed by atoms with E-state index in [0.29, 0.717) is 5.75 Å². The van der Waals surface area contributed by atoms with Gasteiger partial charge in [0.15, 0.2) is 0 Å². The summed E-state index contributed by atoms with van der Waals surface area (Å²) in [5, 5.41) is 2.64. The highest BCUT2D eigenvalue weighted by atomic mass is 35.5. The average Bonchev–Trinajstić information content (AvgIpc) is 2.77. The number of nitrogens with zero attached hydrogens (tertiary/aromatic N) is 1. The number of amides is 1. The van der Waals surface area contributed by atoms with E-state index in [9.17, 15) is 22.8 Å². The van der Waals surface area contributed by atoms with Gasteiger partial charge in [-0.3, -0.25) is 9.10 Å². The van der Waals surface area contributed by atoms with Gasteiger partial charge in [-0.05, 0) is 43.3 Å². The normalized spacial score (nSPS) is 11.8. The van der Waals surface area contributed by atoms with E-state index in [1.54, 1.807) is 0 Å². The number of esters is 2. The van der Waals surface area contributed by atoms with Crippen LogP contribution < -0.4 is 14.4 Å². The van der Waals surface area contributed by atoms with Gasteiger partial charge in [0.25, 0.3) is 0 Å². The molecule has 0 aliphatic rings. The van der Waals surface area contributed by atoms with E-state index in [4.69, 9.17) is 21.1 Å². The molecule has 178 valence electrons. The molecule has 0 bridgehead atoms. The fourth-order valence-electron chi connectivity index (χ4n) is 3.02. The van der Waals surface area contributed by atoms with Crippen LogP contribution >= 0.6 is 11.6 Å². The third-order valence-corrected chi connectivity index (χ3v) is 6.12. The number of rotatable bonds is 8. The van der Waals surface area contributed by atoms with Crippen molar-refractivity contribution in [3.8, 4) is 5.75 Å². The standard InChI is InChI=1S/C21H23ClN2O8S/c1-12(24(33(5,28)29)14-7-9-18(30-2)16(22)11-14)19(25)23-17-10-13(20(26)31-3)6-8-15(17)21(27)32-4/h6-12H,1-5H3,(H,23,25)/t12-/m0/s1. The molecular formula is C21H23ClN2O8S. The molecule has 1 N–H and O–H groups in total. The quantitative estimate of drug-likeness (QED) is 0.550. The van der Waals surface area contributed by atoms with Crippen molar-refractivity contribution in [2.24, 2.45) is 0 Å². The van der Waals surface area contributed by atoms with Gasteiger partial charge in [0.2, 0.25) is 15.9 Å². The number of sulfonamides is 1. The first-order valence-electron chi connectivity index (χ1n) is 9.39. The predicted octanol–water partition coefficient (Wildman–Crippen LogP) is 2.72. The monoisotopic (exact) mass is 498 g/mol. The molecule has 0 saturated heterocycles. The molecule has 0 saturated carbocycles. The SMILES string of the molecule is COC(=O)c1ccc(C(=O)OC)c(NC(=O)[C@H](C)N(c2ccc(OC)c(Cl)c2)S(C)(=O)=O)c1. The van der Waals surface area contributed by atoms with Gasteiger partial charge in [-0.2, -0.15) is 0 Å². The largest absolute Gasteiger partial charge is 0.495 e. The molecule has 0 aromatic heterocycles. The third-order valence-electron chi connectivity index (χ3n) is 4.58. The molecule has 0 fully saturated rings. The fraction of sp³-hybridized carbons (Fsp3) is 0.286. The zero-order valence-electron chi connectivity index (χ0n) is 18.5. The molecule has 0 spiro atoms. The Morgan fingerprint density at radius 1 is 1.00 bits per heavy atom. The van der Waals surface area contributed by atoms with Crippen LogP contribution in [0.15, 0.2) is 36.4 Å². The maximum Gasteiger partial charge on any atom is 0.339 e. The predicted molar refractivity (Wildman–Crippen MR) is 123 cm³/mol. The van der Waals surface area contributed by atoms with E-state index in [2.05, 4.69) is 10.1 Å². The number of hydrogen-bond acceptors (Lipinski definition) is 8. The summed E-state index contributed by atoms with van der Waals surface area (Å²) in [4.78, 5) is 37.1. The first-order valence-corrected chi connectivity index (χ1v) is 11.6. The van der Waals surface area contributed by atoms with Crippen LogP contribution in [0.2, 0.25) is 5.02 Å². The summed E-state index contributed by atoms with van der Waals surface area (Å²) in [5.41, 5.74) is 0.101. The molecule has 10 nitrogen and oxygen atoms in total. The maximum absolute atomic E-state index is 13.1. The lowest BCUT2D eigenvalue weighted by molar-refractivity contribution is -0.116. The lowest BCUT2D eigenvalue weighted by Gasteiger charge is -2.28. The average molecular weight is 499 g/mol. The van der Waals surface area contributed by atoms with Gasteiger partial charge in [0.1, 0.15) is 11.8 Å². The minimum Gasteiger partial charge on any atom is -0.495 e. The van der Waals surface area contributed by atoms with Crippen molar-refractivity contribution in [1.29, 1.82) is 0 Å². The number of benzene rings is 2. The van der Waals surface area contributed by atoms with E-state index in [1.807, 2.05) is 0 Å². The van der Waals surface area contributed by atoms with Crippen molar-refractivity contribution in [3.63, 3.8) is 0 Å². The molecule has 12 heteroatoms. The molecular weight excluding hydrogens is 476 g/mol. The van der Waals surface area contributed by atoms with Gasteiger partial charge in [0, 0.05) is 0 Å². The van der Waals surface area contributed by atoms with Crippen molar-refractivity contribution in [1.82, 2.24) is 0 Å². The topological polar surface area (TPSA) is 128 Å². The van der Waals surface area contributed by atoms with Crippen LogP contribution in [0.25, 0.3) is 0 Å². The second-order valence-electron chi connectivity index (χ2n) is 6.79. The van der Waals surface area contributed by atoms with E-state index in [0.717, 1.165) is 17.7 Å². The van der Waals surface area contributed by atoms with E-state index in [1.165, 1.54) is 57.5 Å². The Morgan fingerprint density at radius 3 is 2.15 bits per heavy atom. The van der Waals surface area contributed by atoms with Crippen LogP contribution in [0.5, 0.6) is 5.75 Å². The molecule has 33 heavy (non-hydrogen) atoms. The van der Waals surface area contributed by atoms with E-state index < -0.39 is 33.9 Å². The second kappa shape index (κ2) is 10.5. The molecule has 2 rings (SSSR count). The first kappa shape index (κ1) is 25.9. The Kier molecular flexibility index (Phi) is 8.29. The summed E-state index contributed by atoms with van der Waals surface area (Å²) in [7, 11) is -0.193. The van der Waals surface area contributed by atoms with Gasteiger partial charge in [0.05, 0.1) is 55.1 Å². The highest BCUT2D eigenvalue weighted by Gasteiger charge is 2.30. The summed E-state index contributed by atoms with van der Waals surface area (Å²) in [6, 6.07) is 6.84. The number of methoxy groups -OCH3 is 3. The Morgan fingerprint density at radius 2 is 1.64 bits per heavy atom. The van der Waals surface area contributed by atoms with Crippen molar-refractivity contribution >= 4 is 50.8 Å². The maximum atomic E-state index is 13.1. The number of halogens is 1. The Labute approximate surface area is 196 Å². The zero-order chi connectivity index (χ0) is 24.9. The molecule has 2 aromatic carbocycles. The van der Waals surface area contributed by atoms with Gasteiger partial charge < -0.3 is 19.5 Å². The molecule has 1 atom stereocenters. The molecule has 1 amide bonds. The Bertz CT molecular complexity index is 1180. The first-order chi connectivity index (χ1) is 15.4. The Balaban J connectivity index is 2.47. The van der Waals surface area contributed by atoms with Gasteiger partial charge in [-0.25, -0.2) is 18.0 Å². The van der Waals surface area contributed by atoms with Crippen LogP contribution in [-0.4, -0.2) is 59.9 Å². The van der Waals surface area contributed by atoms with Crippen molar-refractivity contribution in [2.45, 2.75) is 13.0 Å². The highest BCUT2D eigenvalue weighted by molar-refractivity contribution is 7.92. The van der Waals surface area contributed by atoms with Gasteiger partial charge in [-0.1, -0.05) is 11.6 Å². The summed E-state index contributed by atoms with van der Waals surface area (Å²) in [6.07, 6.45) is 0.937. The van der Waals surface area contributed by atoms with Gasteiger partial charge in [-0.15, -0.1) is 0 Å². The molecule has 0 aliphatic heterocycles. The van der Waals surface area contributed by atoms with Crippen LogP contribution in [0.3, 0.4) is 0 Å². The smallest absolute Gasteiger partial charge is 0.339 e. The van der Waals surface area contributed by atoms with Crippen LogP contribution in [0, 0.1) is 0 Å². The second-order valence-corrected chi connectivity index (χ2v) is 9.05. The minimum absolute atomic E-state index is 0.0379.